The van der Waals surface area contributed by atoms with E-state index in [0.29, 0.717) is 11.7 Å². The van der Waals surface area contributed by atoms with Crippen molar-refractivity contribution in [1.82, 2.24) is 4.90 Å². The fourth-order valence-electron chi connectivity index (χ4n) is 4.41. The Morgan fingerprint density at radius 1 is 1.05 bits per heavy atom. The zero-order valence-corrected chi connectivity index (χ0v) is 13.9. The largest absolute Gasteiger partial charge is 0.370 e. The third-order valence-electron chi connectivity index (χ3n) is 5.61. The van der Waals surface area contributed by atoms with E-state index in [1.54, 1.807) is 0 Å². The summed E-state index contributed by atoms with van der Waals surface area (Å²) in [5.41, 5.74) is 0.299. The second-order valence-electron chi connectivity index (χ2n) is 7.14. The van der Waals surface area contributed by atoms with E-state index >= 15 is 0 Å². The van der Waals surface area contributed by atoms with E-state index < -0.39 is 0 Å². The summed E-state index contributed by atoms with van der Waals surface area (Å²) in [5.74, 6) is 0. The van der Waals surface area contributed by atoms with Gasteiger partial charge in [-0.25, -0.2) is 0 Å². The Morgan fingerprint density at radius 3 is 2.70 bits per heavy atom. The molecule has 0 N–H and O–H groups in total. The number of ether oxygens (including phenoxy) is 1. The van der Waals surface area contributed by atoms with E-state index in [2.05, 4.69) is 22.9 Å². The molecule has 2 unspecified atom stereocenters. The van der Waals surface area contributed by atoms with Gasteiger partial charge in [0.05, 0.1) is 11.7 Å². The summed E-state index contributed by atoms with van der Waals surface area (Å²) in [7, 11) is 0. The van der Waals surface area contributed by atoms with E-state index in [0.717, 1.165) is 5.25 Å². The minimum Gasteiger partial charge on any atom is -0.370 e. The van der Waals surface area contributed by atoms with Gasteiger partial charge in [-0.1, -0.05) is 25.7 Å². The molecule has 2 saturated heterocycles. The molecule has 2 aliphatic heterocycles. The molecule has 2 nitrogen and oxygen atoms in total. The van der Waals surface area contributed by atoms with Crippen molar-refractivity contribution in [3.63, 3.8) is 0 Å². The first-order valence-corrected chi connectivity index (χ1v) is 10.0. The molecule has 3 aliphatic rings. The second-order valence-corrected chi connectivity index (χ2v) is 8.27. The maximum atomic E-state index is 6.55. The molecule has 3 fully saturated rings. The van der Waals surface area contributed by atoms with Gasteiger partial charge in [-0.2, -0.15) is 11.8 Å². The molecular weight excluding hydrogens is 266 g/mol. The zero-order valence-electron chi connectivity index (χ0n) is 13.1. The molecule has 116 valence electrons. The van der Waals surface area contributed by atoms with Crippen LogP contribution in [0.2, 0.25) is 0 Å². The molecule has 20 heavy (non-hydrogen) atoms. The molecule has 1 saturated carbocycles. The lowest BCUT2D eigenvalue weighted by atomic mass is 9.83. The first kappa shape index (κ1) is 15.2. The highest BCUT2D eigenvalue weighted by Gasteiger charge is 2.41. The van der Waals surface area contributed by atoms with E-state index in [-0.39, 0.29) is 0 Å². The summed E-state index contributed by atoms with van der Waals surface area (Å²) in [6.07, 6.45) is 16.5. The molecular formula is C17H31NOS. The number of hydrogen-bond acceptors (Lipinski definition) is 3. The number of rotatable bonds is 3. The minimum absolute atomic E-state index is 0.299. The fraction of sp³-hybridized carbons (Fsp3) is 1.00. The van der Waals surface area contributed by atoms with E-state index in [1.807, 2.05) is 0 Å². The summed E-state index contributed by atoms with van der Waals surface area (Å²) >= 11 is 2.06. The predicted octanol–water partition coefficient (Wildman–Crippen LogP) is 4.09. The van der Waals surface area contributed by atoms with E-state index in [9.17, 15) is 0 Å². The Labute approximate surface area is 129 Å². The van der Waals surface area contributed by atoms with Gasteiger partial charge in [-0.3, -0.25) is 4.90 Å². The van der Waals surface area contributed by atoms with Crippen LogP contribution in [0, 0.1) is 0 Å². The Kier molecular flexibility index (Phi) is 5.33. The molecule has 0 aromatic heterocycles. The molecule has 0 bridgehead atoms. The van der Waals surface area contributed by atoms with Gasteiger partial charge in [0, 0.05) is 18.3 Å². The van der Waals surface area contributed by atoms with Crippen molar-refractivity contribution in [2.75, 3.05) is 25.9 Å². The number of likely N-dealkylation sites (tertiary alicyclic amines) is 1. The van der Waals surface area contributed by atoms with Crippen LogP contribution in [0.15, 0.2) is 0 Å². The molecule has 2 heterocycles. The topological polar surface area (TPSA) is 12.5 Å². The Morgan fingerprint density at radius 2 is 1.90 bits per heavy atom. The van der Waals surface area contributed by atoms with E-state index in [4.69, 9.17) is 4.74 Å². The number of hydrogen-bond donors (Lipinski definition) is 0. The van der Waals surface area contributed by atoms with Crippen LogP contribution in [0.25, 0.3) is 0 Å². The van der Waals surface area contributed by atoms with Crippen LogP contribution in [0.3, 0.4) is 0 Å². The predicted molar refractivity (Wildman–Crippen MR) is 87.5 cm³/mol. The Bertz CT molecular complexity index is 303. The Balaban J connectivity index is 1.50. The van der Waals surface area contributed by atoms with Crippen LogP contribution < -0.4 is 0 Å². The molecule has 0 aromatic rings. The highest BCUT2D eigenvalue weighted by molar-refractivity contribution is 7.99. The van der Waals surface area contributed by atoms with Crippen molar-refractivity contribution in [3.05, 3.63) is 0 Å². The van der Waals surface area contributed by atoms with Crippen LogP contribution in [0.4, 0.5) is 0 Å². The standard InChI is InChI=1S/C17H31NOS/c1-20-16-7-3-6-12-18(14-16)13-15-8-11-17(19-15)9-4-2-5-10-17/h15-16H,2-14H2,1H3. The van der Waals surface area contributed by atoms with Crippen LogP contribution in [0.1, 0.15) is 64.2 Å². The molecule has 0 radical (unpaired) electrons. The summed E-state index contributed by atoms with van der Waals surface area (Å²) in [6, 6.07) is 0. The molecule has 0 amide bonds. The monoisotopic (exact) mass is 297 g/mol. The molecule has 3 rings (SSSR count). The van der Waals surface area contributed by atoms with Crippen LogP contribution in [0.5, 0.6) is 0 Å². The SMILES string of the molecule is CSC1CCCCN(CC2CCC3(CCCCC3)O2)C1. The zero-order chi connectivity index (χ0) is 13.8. The third kappa shape index (κ3) is 3.72. The van der Waals surface area contributed by atoms with Gasteiger partial charge in [0.25, 0.3) is 0 Å². The smallest absolute Gasteiger partial charge is 0.0710 e. The Hall–Kier alpha value is 0.270. The minimum atomic E-state index is 0.299. The highest BCUT2D eigenvalue weighted by Crippen LogP contribution is 2.42. The highest BCUT2D eigenvalue weighted by atomic mass is 32.2. The quantitative estimate of drug-likeness (QED) is 0.778. The van der Waals surface area contributed by atoms with Crippen molar-refractivity contribution >= 4 is 11.8 Å². The maximum Gasteiger partial charge on any atom is 0.0710 e. The second kappa shape index (κ2) is 7.02. The van der Waals surface area contributed by atoms with Gasteiger partial charge < -0.3 is 4.74 Å². The molecule has 3 heteroatoms. The lowest BCUT2D eigenvalue weighted by molar-refractivity contribution is -0.0715. The summed E-state index contributed by atoms with van der Waals surface area (Å²) in [5, 5.41) is 0.850. The number of thioether (sulfide) groups is 1. The van der Waals surface area contributed by atoms with E-state index in [1.165, 1.54) is 83.8 Å². The van der Waals surface area contributed by atoms with Gasteiger partial charge >= 0.3 is 0 Å². The average molecular weight is 298 g/mol. The first-order chi connectivity index (χ1) is 9.80. The van der Waals surface area contributed by atoms with Crippen molar-refractivity contribution < 1.29 is 4.74 Å². The average Bonchev–Trinajstić information content (AvgIpc) is 2.71. The number of nitrogens with zero attached hydrogens (tertiary/aromatic N) is 1. The third-order valence-corrected chi connectivity index (χ3v) is 6.66. The van der Waals surface area contributed by atoms with Gasteiger partial charge in [0.1, 0.15) is 0 Å². The lowest BCUT2D eigenvalue weighted by Gasteiger charge is -2.34. The summed E-state index contributed by atoms with van der Waals surface area (Å²) in [4.78, 5) is 2.70. The first-order valence-electron chi connectivity index (χ1n) is 8.73. The summed E-state index contributed by atoms with van der Waals surface area (Å²) < 4.78 is 6.55. The molecule has 2 atom stereocenters. The van der Waals surface area contributed by atoms with Crippen molar-refractivity contribution in [2.45, 2.75) is 81.2 Å². The van der Waals surface area contributed by atoms with Crippen molar-refractivity contribution in [3.8, 4) is 0 Å². The van der Waals surface area contributed by atoms with Crippen LogP contribution in [-0.2, 0) is 4.74 Å². The van der Waals surface area contributed by atoms with Crippen molar-refractivity contribution in [2.24, 2.45) is 0 Å². The fourth-order valence-corrected chi connectivity index (χ4v) is 5.17. The van der Waals surface area contributed by atoms with Crippen LogP contribution >= 0.6 is 11.8 Å². The molecule has 0 aromatic carbocycles. The van der Waals surface area contributed by atoms with Gasteiger partial charge in [-0.15, -0.1) is 0 Å². The van der Waals surface area contributed by atoms with Crippen molar-refractivity contribution in [1.29, 1.82) is 0 Å². The molecule has 1 aliphatic carbocycles. The van der Waals surface area contributed by atoms with Gasteiger partial charge in [-0.05, 0) is 51.3 Å². The maximum absolute atomic E-state index is 6.55. The molecule has 1 spiro atoms. The van der Waals surface area contributed by atoms with Gasteiger partial charge in [0.2, 0.25) is 0 Å². The lowest BCUT2D eigenvalue weighted by Crippen LogP contribution is -2.38. The van der Waals surface area contributed by atoms with Gasteiger partial charge in [0.15, 0.2) is 0 Å². The normalized spacial score (nSPS) is 35.2. The summed E-state index contributed by atoms with van der Waals surface area (Å²) in [6.45, 7) is 3.77. The van der Waals surface area contributed by atoms with Crippen LogP contribution in [-0.4, -0.2) is 47.7 Å².